The Morgan fingerprint density at radius 1 is 1.00 bits per heavy atom. The smallest absolute Gasteiger partial charge is 0.385 e. The van der Waals surface area contributed by atoms with Gasteiger partial charge in [-0.3, -0.25) is 0 Å². The van der Waals surface area contributed by atoms with Gasteiger partial charge in [0.1, 0.15) is 0 Å². The fourth-order valence-corrected chi connectivity index (χ4v) is 4.52. The minimum absolute atomic E-state index is 0.407. The van der Waals surface area contributed by atoms with Gasteiger partial charge in [-0.05, 0) is 39.0 Å². The van der Waals surface area contributed by atoms with Crippen molar-refractivity contribution in [3.05, 3.63) is 0 Å². The van der Waals surface area contributed by atoms with E-state index < -0.39 is 9.28 Å². The maximum absolute atomic E-state index is 8.31. The Hall–Kier alpha value is -0.193. The zero-order chi connectivity index (χ0) is 13.9. The molecule has 1 aliphatic rings. The van der Waals surface area contributed by atoms with E-state index in [0.717, 1.165) is 37.8 Å². The van der Waals surface area contributed by atoms with Gasteiger partial charge in [0.15, 0.2) is 0 Å². The third kappa shape index (κ3) is 7.23. The van der Waals surface area contributed by atoms with E-state index in [0.29, 0.717) is 5.92 Å². The van der Waals surface area contributed by atoms with Gasteiger partial charge in [-0.1, -0.05) is 32.1 Å². The van der Waals surface area contributed by atoms with Crippen LogP contribution in [0.25, 0.3) is 0 Å². The third-order valence-electron chi connectivity index (χ3n) is 3.77. The Morgan fingerprint density at radius 2 is 1.58 bits per heavy atom. The maximum atomic E-state index is 8.31. The SMILES string of the molecule is CCO[Si](CC1CCCCCCCCC1=N)OCC. The summed E-state index contributed by atoms with van der Waals surface area (Å²) in [6, 6.07) is 0.963. The minimum atomic E-state index is -1.17. The predicted molar refractivity (Wildman–Crippen MR) is 82.0 cm³/mol. The third-order valence-corrected chi connectivity index (χ3v) is 5.81. The summed E-state index contributed by atoms with van der Waals surface area (Å²) in [5.74, 6) is 0.407. The monoisotopic (exact) mass is 284 g/mol. The van der Waals surface area contributed by atoms with Crippen molar-refractivity contribution in [2.45, 2.75) is 71.3 Å². The summed E-state index contributed by atoms with van der Waals surface area (Å²) in [7, 11) is -1.17. The van der Waals surface area contributed by atoms with E-state index in [4.69, 9.17) is 14.3 Å². The first kappa shape index (κ1) is 16.9. The van der Waals surface area contributed by atoms with Crippen molar-refractivity contribution in [2.75, 3.05) is 13.2 Å². The van der Waals surface area contributed by atoms with E-state index in [1.54, 1.807) is 0 Å². The van der Waals surface area contributed by atoms with E-state index in [1.807, 2.05) is 13.8 Å². The van der Waals surface area contributed by atoms with Crippen molar-refractivity contribution in [3.63, 3.8) is 0 Å². The molecule has 4 heteroatoms. The molecule has 1 atom stereocenters. The average molecular weight is 284 g/mol. The largest absolute Gasteiger partial charge is 0.394 e. The van der Waals surface area contributed by atoms with Crippen molar-refractivity contribution >= 4 is 15.0 Å². The van der Waals surface area contributed by atoms with Gasteiger partial charge in [0.05, 0.1) is 0 Å². The Labute approximate surface area is 120 Å². The highest BCUT2D eigenvalue weighted by atomic mass is 28.3. The summed E-state index contributed by atoms with van der Waals surface area (Å²) in [4.78, 5) is 0. The molecule has 19 heavy (non-hydrogen) atoms. The predicted octanol–water partition coefficient (Wildman–Crippen LogP) is 4.32. The average Bonchev–Trinajstić information content (AvgIpc) is 2.40. The summed E-state index contributed by atoms with van der Waals surface area (Å²) >= 11 is 0. The second-order valence-corrected chi connectivity index (χ2v) is 7.05. The van der Waals surface area contributed by atoms with Crippen LogP contribution in [0.1, 0.15) is 65.2 Å². The van der Waals surface area contributed by atoms with E-state index >= 15 is 0 Å². The maximum Gasteiger partial charge on any atom is 0.385 e. The van der Waals surface area contributed by atoms with Crippen LogP contribution < -0.4 is 0 Å². The van der Waals surface area contributed by atoms with Crippen LogP contribution in [0.15, 0.2) is 0 Å². The van der Waals surface area contributed by atoms with Crippen LogP contribution in [0.5, 0.6) is 0 Å². The second-order valence-electron chi connectivity index (χ2n) is 5.32. The fraction of sp³-hybridized carbons (Fsp3) is 0.933. The van der Waals surface area contributed by atoms with E-state index in [1.165, 1.54) is 38.5 Å². The first-order valence-corrected chi connectivity index (χ1v) is 9.49. The standard InChI is InChI=1S/C15H30NO2Si/c1-3-17-19(18-4-2)13-14-11-9-7-5-6-8-10-12-15(14)16/h14,16H,3-13H2,1-2H3. The summed E-state index contributed by atoms with van der Waals surface area (Å²) in [6.07, 6.45) is 9.95. The van der Waals surface area contributed by atoms with Crippen LogP contribution in [0.2, 0.25) is 6.04 Å². The van der Waals surface area contributed by atoms with Gasteiger partial charge in [0.2, 0.25) is 0 Å². The quantitative estimate of drug-likeness (QED) is 0.738. The van der Waals surface area contributed by atoms with Crippen LogP contribution in [0.3, 0.4) is 0 Å². The molecule has 111 valence electrons. The molecule has 3 nitrogen and oxygen atoms in total. The Balaban J connectivity index is 2.49. The van der Waals surface area contributed by atoms with Gasteiger partial charge in [0, 0.05) is 25.0 Å². The normalized spacial score (nSPS) is 22.7. The lowest BCUT2D eigenvalue weighted by atomic mass is 9.92. The van der Waals surface area contributed by atoms with Gasteiger partial charge in [0.25, 0.3) is 0 Å². The first-order valence-electron chi connectivity index (χ1n) is 7.96. The Kier molecular flexibility index (Phi) is 9.39. The van der Waals surface area contributed by atoms with Gasteiger partial charge in [-0.15, -0.1) is 0 Å². The van der Waals surface area contributed by atoms with Gasteiger partial charge < -0.3 is 14.3 Å². The van der Waals surface area contributed by atoms with Crippen molar-refractivity contribution in [1.82, 2.24) is 0 Å². The molecule has 0 bridgehead atoms. The number of nitrogens with one attached hydrogen (secondary N) is 1. The molecule has 1 fully saturated rings. The molecule has 0 aliphatic heterocycles. The molecule has 1 unspecified atom stereocenters. The first-order chi connectivity index (χ1) is 9.27. The van der Waals surface area contributed by atoms with Gasteiger partial charge >= 0.3 is 9.28 Å². The van der Waals surface area contributed by atoms with E-state index in [9.17, 15) is 0 Å². The molecule has 1 N–H and O–H groups in total. The highest BCUT2D eigenvalue weighted by Gasteiger charge is 2.24. The molecule has 0 aromatic carbocycles. The molecule has 1 rings (SSSR count). The molecule has 0 spiro atoms. The molecule has 0 heterocycles. The van der Waals surface area contributed by atoms with Crippen LogP contribution in [0.4, 0.5) is 0 Å². The van der Waals surface area contributed by atoms with Gasteiger partial charge in [-0.2, -0.15) is 0 Å². The lowest BCUT2D eigenvalue weighted by molar-refractivity contribution is 0.210. The molecule has 0 saturated heterocycles. The van der Waals surface area contributed by atoms with Gasteiger partial charge in [-0.25, -0.2) is 0 Å². The molecule has 0 aromatic heterocycles. The highest BCUT2D eigenvalue weighted by molar-refractivity contribution is 6.45. The van der Waals surface area contributed by atoms with Crippen LogP contribution in [0, 0.1) is 11.3 Å². The Bertz CT molecular complexity index is 242. The topological polar surface area (TPSA) is 42.3 Å². The van der Waals surface area contributed by atoms with Crippen molar-refractivity contribution in [1.29, 1.82) is 5.41 Å². The van der Waals surface area contributed by atoms with E-state index in [2.05, 4.69) is 0 Å². The zero-order valence-corrected chi connectivity index (χ0v) is 13.7. The number of hydrogen-bond donors (Lipinski definition) is 1. The molecule has 1 saturated carbocycles. The molecular weight excluding hydrogens is 254 g/mol. The minimum Gasteiger partial charge on any atom is -0.394 e. The van der Waals surface area contributed by atoms with Crippen molar-refractivity contribution in [2.24, 2.45) is 5.92 Å². The van der Waals surface area contributed by atoms with E-state index in [-0.39, 0.29) is 0 Å². The zero-order valence-electron chi connectivity index (χ0n) is 12.7. The molecule has 1 aliphatic carbocycles. The fourth-order valence-electron chi connectivity index (χ4n) is 2.70. The van der Waals surface area contributed by atoms with Crippen molar-refractivity contribution in [3.8, 4) is 0 Å². The molecular formula is C15H30NO2Si. The lowest BCUT2D eigenvalue weighted by Crippen LogP contribution is -2.29. The molecule has 0 aromatic rings. The summed E-state index contributed by atoms with van der Waals surface area (Å²) < 4.78 is 11.5. The number of rotatable bonds is 6. The summed E-state index contributed by atoms with van der Waals surface area (Å²) in [5, 5.41) is 8.31. The molecule has 1 radical (unpaired) electrons. The van der Waals surface area contributed by atoms with Crippen molar-refractivity contribution < 1.29 is 8.85 Å². The Morgan fingerprint density at radius 3 is 2.21 bits per heavy atom. The second kappa shape index (κ2) is 10.6. The van der Waals surface area contributed by atoms with Crippen LogP contribution in [-0.4, -0.2) is 28.2 Å². The molecule has 0 amide bonds. The lowest BCUT2D eigenvalue weighted by Gasteiger charge is -2.23. The summed E-state index contributed by atoms with van der Waals surface area (Å²) in [6.45, 7) is 5.52. The summed E-state index contributed by atoms with van der Waals surface area (Å²) in [5.41, 5.74) is 0.948. The van der Waals surface area contributed by atoms with Crippen LogP contribution in [-0.2, 0) is 8.85 Å². The highest BCUT2D eigenvalue weighted by Crippen LogP contribution is 2.23. The van der Waals surface area contributed by atoms with Crippen LogP contribution >= 0.6 is 0 Å². The number of hydrogen-bond acceptors (Lipinski definition) is 3.